The van der Waals surface area contributed by atoms with Crippen molar-refractivity contribution in [1.29, 1.82) is 0 Å². The summed E-state index contributed by atoms with van der Waals surface area (Å²) in [5.74, 6) is -0.249. The molecule has 1 atom stereocenters. The number of nitrogens with two attached hydrogens (primary N) is 1. The van der Waals surface area contributed by atoms with Crippen LogP contribution in [0.4, 0.5) is 4.39 Å². The summed E-state index contributed by atoms with van der Waals surface area (Å²) < 4.78 is 19.3. The van der Waals surface area contributed by atoms with Crippen LogP contribution >= 0.6 is 11.3 Å². The number of halogens is 1. The van der Waals surface area contributed by atoms with Gasteiger partial charge in [-0.3, -0.25) is 14.6 Å². The normalized spacial score (nSPS) is 16.4. The number of aryl methyl sites for hydroxylation is 3. The third kappa shape index (κ3) is 3.69. The molecule has 1 fully saturated rings. The van der Waals surface area contributed by atoms with Crippen LogP contribution in [-0.2, 0) is 12.8 Å². The molecule has 2 aliphatic rings. The molecule has 3 aromatic heterocycles. The Hall–Kier alpha value is -3.92. The van der Waals surface area contributed by atoms with Crippen molar-refractivity contribution in [3.8, 4) is 21.9 Å². The van der Waals surface area contributed by atoms with E-state index in [1.165, 1.54) is 23.5 Å². The molecule has 1 aromatic carbocycles. The van der Waals surface area contributed by atoms with E-state index < -0.39 is 5.91 Å². The van der Waals surface area contributed by atoms with Crippen LogP contribution in [0.1, 0.15) is 61.8 Å². The first-order chi connectivity index (χ1) is 17.4. The second-order valence-corrected chi connectivity index (χ2v) is 10.1. The van der Waals surface area contributed by atoms with Gasteiger partial charge in [-0.1, -0.05) is 12.1 Å². The Balaban J connectivity index is 1.58. The summed E-state index contributed by atoms with van der Waals surface area (Å²) in [6.07, 6.45) is 2.88. The van der Waals surface area contributed by atoms with Gasteiger partial charge in [0.1, 0.15) is 5.82 Å². The fourth-order valence-corrected chi connectivity index (χ4v) is 6.04. The predicted molar refractivity (Wildman–Crippen MR) is 131 cm³/mol. The lowest BCUT2D eigenvalue weighted by atomic mass is 9.93. The number of fused-ring (bicyclic) bond motifs is 3. The number of aromatic nitrogens is 3. The van der Waals surface area contributed by atoms with Gasteiger partial charge in [-0.15, -0.1) is 21.5 Å². The van der Waals surface area contributed by atoms with Crippen molar-refractivity contribution in [3.05, 3.63) is 75.5 Å². The maximum Gasteiger partial charge on any atom is 0.258 e. The quantitative estimate of drug-likeness (QED) is 0.415. The van der Waals surface area contributed by atoms with Gasteiger partial charge in [-0.05, 0) is 55.5 Å². The molecular formula is C26H22FN5O3S. The average molecular weight is 504 g/mol. The molecule has 6 rings (SSSR count). The lowest BCUT2D eigenvalue weighted by Crippen LogP contribution is -2.22. The Kier molecular flexibility index (Phi) is 5.40. The molecule has 1 unspecified atom stereocenters. The highest BCUT2D eigenvalue weighted by Gasteiger charge is 2.44. The molecule has 8 nitrogen and oxygen atoms in total. The summed E-state index contributed by atoms with van der Waals surface area (Å²) in [6.45, 7) is 2.38. The van der Waals surface area contributed by atoms with Crippen molar-refractivity contribution in [2.24, 2.45) is 5.73 Å². The zero-order chi connectivity index (χ0) is 25.0. The van der Waals surface area contributed by atoms with Gasteiger partial charge in [0.05, 0.1) is 33.4 Å². The molecule has 0 bridgehead atoms. The van der Waals surface area contributed by atoms with E-state index in [1.54, 1.807) is 31.2 Å². The minimum absolute atomic E-state index is 0.0772. The van der Waals surface area contributed by atoms with Crippen LogP contribution in [-0.4, -0.2) is 38.4 Å². The molecular weight excluding hydrogens is 481 g/mol. The Morgan fingerprint density at radius 2 is 1.94 bits per heavy atom. The first-order valence-corrected chi connectivity index (χ1v) is 12.5. The molecule has 4 aromatic rings. The Bertz CT molecular complexity index is 1510. The predicted octanol–water partition coefficient (Wildman–Crippen LogP) is 4.48. The van der Waals surface area contributed by atoms with Gasteiger partial charge in [0.25, 0.3) is 11.8 Å². The summed E-state index contributed by atoms with van der Waals surface area (Å²) in [5, 5.41) is 8.29. The number of benzene rings is 1. The number of carbonyl (C=O) groups excluding carboxylic acids is 2. The van der Waals surface area contributed by atoms with Gasteiger partial charge in [0.15, 0.2) is 0 Å². The van der Waals surface area contributed by atoms with Crippen molar-refractivity contribution in [2.45, 2.75) is 38.6 Å². The molecule has 0 spiro atoms. The standard InChI is InChI=1S/C26H22FN5O3S/c1-13-30-31-25(35-13)20-16(9-6-14-4-7-15(27)8-5-14)29-23-17-3-2-12-32(17)26(34)22(23)21(20)18-10-11-19(36-18)24(28)33/h4-5,7-8,10-11,17H,2-3,6,9,12H2,1H3,(H2,28,33). The minimum Gasteiger partial charge on any atom is -0.421 e. The number of hydrogen-bond donors (Lipinski definition) is 1. The monoisotopic (exact) mass is 503 g/mol. The van der Waals surface area contributed by atoms with Crippen molar-refractivity contribution in [1.82, 2.24) is 20.1 Å². The number of carbonyl (C=O) groups is 2. The molecule has 5 heterocycles. The number of amides is 2. The fourth-order valence-electron chi connectivity index (χ4n) is 5.12. The lowest BCUT2D eigenvalue weighted by Gasteiger charge is -2.16. The van der Waals surface area contributed by atoms with Crippen LogP contribution in [0.15, 0.2) is 40.8 Å². The second-order valence-electron chi connectivity index (χ2n) is 9.01. The van der Waals surface area contributed by atoms with Gasteiger partial charge < -0.3 is 15.1 Å². The fraction of sp³-hybridized carbons (Fsp3) is 0.269. The van der Waals surface area contributed by atoms with Crippen LogP contribution in [0.3, 0.4) is 0 Å². The zero-order valence-corrected chi connectivity index (χ0v) is 20.3. The van der Waals surface area contributed by atoms with Gasteiger partial charge in [0, 0.05) is 23.9 Å². The number of primary amides is 1. The highest BCUT2D eigenvalue weighted by molar-refractivity contribution is 7.17. The molecule has 2 aliphatic heterocycles. The largest absolute Gasteiger partial charge is 0.421 e. The SMILES string of the molecule is Cc1nnc(-c2c(CCc3ccc(F)cc3)nc3c(c2-c2ccc(C(N)=O)s2)C(=O)N2CCCC32)o1. The van der Waals surface area contributed by atoms with Crippen LogP contribution in [0.2, 0.25) is 0 Å². The molecule has 182 valence electrons. The first kappa shape index (κ1) is 22.5. The summed E-state index contributed by atoms with van der Waals surface area (Å²) in [5.41, 5.74) is 9.72. The zero-order valence-electron chi connectivity index (χ0n) is 19.5. The highest BCUT2D eigenvalue weighted by Crippen LogP contribution is 2.49. The van der Waals surface area contributed by atoms with E-state index in [2.05, 4.69) is 10.2 Å². The first-order valence-electron chi connectivity index (χ1n) is 11.7. The van der Waals surface area contributed by atoms with E-state index in [9.17, 15) is 14.0 Å². The summed E-state index contributed by atoms with van der Waals surface area (Å²) in [4.78, 5) is 33.5. The smallest absolute Gasteiger partial charge is 0.258 e. The number of nitrogens with zero attached hydrogens (tertiary/aromatic N) is 4. The van der Waals surface area contributed by atoms with Gasteiger partial charge in [-0.25, -0.2) is 4.39 Å². The average Bonchev–Trinajstić information content (AvgIpc) is 3.65. The third-order valence-corrected chi connectivity index (χ3v) is 7.86. The Morgan fingerprint density at radius 1 is 1.14 bits per heavy atom. The van der Waals surface area contributed by atoms with Crippen molar-refractivity contribution in [3.63, 3.8) is 0 Å². The van der Waals surface area contributed by atoms with Crippen LogP contribution < -0.4 is 5.73 Å². The molecule has 0 radical (unpaired) electrons. The molecule has 2 N–H and O–H groups in total. The van der Waals surface area contributed by atoms with Crippen molar-refractivity contribution >= 4 is 23.2 Å². The van der Waals surface area contributed by atoms with Gasteiger partial charge in [-0.2, -0.15) is 0 Å². The highest BCUT2D eigenvalue weighted by atomic mass is 32.1. The molecule has 0 saturated carbocycles. The number of pyridine rings is 1. The maximum atomic E-state index is 13.6. The number of thiophene rings is 1. The van der Waals surface area contributed by atoms with E-state index in [-0.39, 0.29) is 23.7 Å². The topological polar surface area (TPSA) is 115 Å². The summed E-state index contributed by atoms with van der Waals surface area (Å²) in [6, 6.07) is 9.76. The van der Waals surface area contributed by atoms with Crippen molar-refractivity contribution in [2.75, 3.05) is 6.54 Å². The van der Waals surface area contributed by atoms with Crippen LogP contribution in [0, 0.1) is 12.7 Å². The molecule has 2 amide bonds. The van der Waals surface area contributed by atoms with E-state index in [0.29, 0.717) is 57.4 Å². The number of hydrogen-bond acceptors (Lipinski definition) is 7. The van der Waals surface area contributed by atoms with E-state index in [1.807, 2.05) is 4.90 Å². The Labute approximate surface area is 210 Å². The minimum atomic E-state index is -0.532. The van der Waals surface area contributed by atoms with Crippen LogP contribution in [0.25, 0.3) is 21.9 Å². The third-order valence-electron chi connectivity index (χ3n) is 6.74. The molecule has 10 heteroatoms. The Morgan fingerprint density at radius 3 is 2.64 bits per heavy atom. The van der Waals surface area contributed by atoms with Crippen LogP contribution in [0.5, 0.6) is 0 Å². The van der Waals surface area contributed by atoms with E-state index in [0.717, 1.165) is 24.1 Å². The lowest BCUT2D eigenvalue weighted by molar-refractivity contribution is 0.0776. The van der Waals surface area contributed by atoms with Gasteiger partial charge in [0.2, 0.25) is 11.8 Å². The summed E-state index contributed by atoms with van der Waals surface area (Å²) in [7, 11) is 0. The second kappa shape index (κ2) is 8.63. The molecule has 1 saturated heterocycles. The molecule has 0 aliphatic carbocycles. The van der Waals surface area contributed by atoms with E-state index >= 15 is 0 Å². The van der Waals surface area contributed by atoms with Crippen molar-refractivity contribution < 1.29 is 18.4 Å². The molecule has 36 heavy (non-hydrogen) atoms. The van der Waals surface area contributed by atoms with Gasteiger partial charge >= 0.3 is 0 Å². The maximum absolute atomic E-state index is 13.6. The van der Waals surface area contributed by atoms with E-state index in [4.69, 9.17) is 15.1 Å². The summed E-state index contributed by atoms with van der Waals surface area (Å²) >= 11 is 1.23. The number of rotatable bonds is 6.